The molecule has 0 N–H and O–H groups in total. The van der Waals surface area contributed by atoms with Gasteiger partial charge in [0.15, 0.2) is 0 Å². The number of hydrogen-bond acceptors (Lipinski definition) is 3. The van der Waals surface area contributed by atoms with Crippen molar-refractivity contribution in [2.75, 3.05) is 0 Å². The van der Waals surface area contributed by atoms with E-state index in [9.17, 15) is 0 Å². The van der Waals surface area contributed by atoms with Crippen LogP contribution in [0.4, 0.5) is 0 Å². The number of rotatable bonds is 3. The zero-order valence-corrected chi connectivity index (χ0v) is 11.6. The average Bonchev–Trinajstić information content (AvgIpc) is 2.37. The molecular weight excluding hydrogens is 287 g/mol. The molecule has 0 aliphatic heterocycles. The summed E-state index contributed by atoms with van der Waals surface area (Å²) < 4.78 is 0. The Bertz CT molecular complexity index is 591. The van der Waals surface area contributed by atoms with Crippen LogP contribution in [0.15, 0.2) is 41.4 Å². The quantitative estimate of drug-likeness (QED) is 0.615. The zero-order chi connectivity index (χ0) is 13.0. The molecule has 0 aliphatic carbocycles. The third-order valence-corrected chi connectivity index (χ3v) is 3.63. The number of aromatic nitrogens is 1. The van der Waals surface area contributed by atoms with E-state index < -0.39 is 0 Å². The summed E-state index contributed by atoms with van der Waals surface area (Å²) in [6.45, 7) is 0. The van der Waals surface area contributed by atoms with Crippen LogP contribution in [0, 0.1) is 11.3 Å². The SMILES string of the molecule is N#Cc1cc(Cl)nc(SCc2ccc(Cl)cc2)c1. The first-order valence-electron chi connectivity index (χ1n) is 5.12. The fraction of sp³-hybridized carbons (Fsp3) is 0.0769. The van der Waals surface area contributed by atoms with Gasteiger partial charge in [-0.15, -0.1) is 11.8 Å². The third kappa shape index (κ3) is 3.64. The van der Waals surface area contributed by atoms with Gasteiger partial charge in [-0.25, -0.2) is 4.98 Å². The molecule has 0 amide bonds. The van der Waals surface area contributed by atoms with Gasteiger partial charge in [-0.1, -0.05) is 35.3 Å². The first-order valence-corrected chi connectivity index (χ1v) is 6.86. The molecular formula is C13H8Cl2N2S. The van der Waals surface area contributed by atoms with Crippen molar-refractivity contribution >= 4 is 35.0 Å². The summed E-state index contributed by atoms with van der Waals surface area (Å²) in [5.74, 6) is 0.759. The maximum Gasteiger partial charge on any atom is 0.131 e. The minimum absolute atomic E-state index is 0.340. The highest BCUT2D eigenvalue weighted by atomic mass is 35.5. The molecule has 2 rings (SSSR count). The van der Waals surface area contributed by atoms with Crippen molar-refractivity contribution in [2.45, 2.75) is 10.8 Å². The Morgan fingerprint density at radius 1 is 1.17 bits per heavy atom. The van der Waals surface area contributed by atoms with E-state index in [1.54, 1.807) is 12.1 Å². The van der Waals surface area contributed by atoms with Crippen LogP contribution in [0.25, 0.3) is 0 Å². The molecule has 0 fully saturated rings. The lowest BCUT2D eigenvalue weighted by Gasteiger charge is -2.02. The van der Waals surface area contributed by atoms with Crippen molar-refractivity contribution in [3.63, 3.8) is 0 Å². The number of benzene rings is 1. The Morgan fingerprint density at radius 2 is 1.89 bits per heavy atom. The Labute approximate surface area is 120 Å². The number of thioether (sulfide) groups is 1. The van der Waals surface area contributed by atoms with Gasteiger partial charge in [-0.2, -0.15) is 5.26 Å². The van der Waals surface area contributed by atoms with Crippen molar-refractivity contribution < 1.29 is 0 Å². The summed E-state index contributed by atoms with van der Waals surface area (Å²) in [7, 11) is 0. The predicted octanol–water partition coefficient (Wildman–Crippen LogP) is 4.55. The normalized spacial score (nSPS) is 10.1. The van der Waals surface area contributed by atoms with Gasteiger partial charge in [0.2, 0.25) is 0 Å². The summed E-state index contributed by atoms with van der Waals surface area (Å²) >= 11 is 13.2. The van der Waals surface area contributed by atoms with Crippen LogP contribution >= 0.6 is 35.0 Å². The Hall–Kier alpha value is -1.21. The lowest BCUT2D eigenvalue weighted by Crippen LogP contribution is -1.86. The maximum atomic E-state index is 8.84. The van der Waals surface area contributed by atoms with Crippen LogP contribution in [0.3, 0.4) is 0 Å². The summed E-state index contributed by atoms with van der Waals surface area (Å²) in [5.41, 5.74) is 1.67. The number of halogens is 2. The summed E-state index contributed by atoms with van der Waals surface area (Å²) in [5, 5.41) is 10.6. The van der Waals surface area contributed by atoms with E-state index in [4.69, 9.17) is 28.5 Å². The topological polar surface area (TPSA) is 36.7 Å². The van der Waals surface area contributed by atoms with E-state index >= 15 is 0 Å². The molecule has 0 saturated carbocycles. The lowest BCUT2D eigenvalue weighted by molar-refractivity contribution is 1.12. The molecule has 18 heavy (non-hydrogen) atoms. The van der Waals surface area contributed by atoms with E-state index in [1.165, 1.54) is 11.8 Å². The molecule has 1 aromatic heterocycles. The molecule has 90 valence electrons. The summed E-state index contributed by atoms with van der Waals surface area (Å²) in [4.78, 5) is 4.17. The molecule has 0 bridgehead atoms. The first-order chi connectivity index (χ1) is 8.67. The van der Waals surface area contributed by atoms with Crippen LogP contribution in [0.5, 0.6) is 0 Å². The van der Waals surface area contributed by atoms with Crippen LogP contribution in [-0.2, 0) is 5.75 Å². The van der Waals surface area contributed by atoms with Gasteiger partial charge in [-0.05, 0) is 29.8 Å². The Kier molecular flexibility index (Phi) is 4.48. The van der Waals surface area contributed by atoms with Crippen molar-refractivity contribution in [3.05, 3.63) is 57.7 Å². The number of nitriles is 1. The van der Waals surface area contributed by atoms with E-state index in [0.717, 1.165) is 21.4 Å². The smallest absolute Gasteiger partial charge is 0.131 e. The monoisotopic (exact) mass is 294 g/mol. The van der Waals surface area contributed by atoms with Crippen molar-refractivity contribution in [2.24, 2.45) is 0 Å². The van der Waals surface area contributed by atoms with Crippen molar-refractivity contribution in [1.29, 1.82) is 5.26 Å². The summed E-state index contributed by atoms with van der Waals surface area (Å²) in [6.07, 6.45) is 0. The molecule has 0 unspecified atom stereocenters. The Balaban J connectivity index is 2.08. The fourth-order valence-corrected chi connectivity index (χ4v) is 2.61. The maximum absolute atomic E-state index is 8.84. The van der Waals surface area contributed by atoms with Gasteiger partial charge < -0.3 is 0 Å². The van der Waals surface area contributed by atoms with E-state index in [-0.39, 0.29) is 0 Å². The molecule has 0 saturated heterocycles. The molecule has 2 aromatic rings. The highest BCUT2D eigenvalue weighted by molar-refractivity contribution is 7.98. The predicted molar refractivity (Wildman–Crippen MR) is 75.0 cm³/mol. The zero-order valence-electron chi connectivity index (χ0n) is 9.23. The summed E-state index contributed by atoms with van der Waals surface area (Å²) in [6, 6.07) is 13.0. The fourth-order valence-electron chi connectivity index (χ4n) is 1.35. The number of nitrogens with zero attached hydrogens (tertiary/aromatic N) is 2. The van der Waals surface area contributed by atoms with Crippen LogP contribution in [-0.4, -0.2) is 4.98 Å². The lowest BCUT2D eigenvalue weighted by atomic mass is 10.2. The second-order valence-corrected chi connectivity index (χ2v) is 5.36. The number of pyridine rings is 1. The highest BCUT2D eigenvalue weighted by Gasteiger charge is 2.02. The van der Waals surface area contributed by atoms with Gasteiger partial charge in [0.1, 0.15) is 5.15 Å². The van der Waals surface area contributed by atoms with Crippen LogP contribution in [0.2, 0.25) is 10.2 Å². The van der Waals surface area contributed by atoms with Crippen LogP contribution in [0.1, 0.15) is 11.1 Å². The van der Waals surface area contributed by atoms with Crippen molar-refractivity contribution in [3.8, 4) is 6.07 Å². The molecule has 1 heterocycles. The highest BCUT2D eigenvalue weighted by Crippen LogP contribution is 2.24. The van der Waals surface area contributed by atoms with E-state index in [0.29, 0.717) is 10.7 Å². The van der Waals surface area contributed by atoms with E-state index in [1.807, 2.05) is 24.3 Å². The minimum Gasteiger partial charge on any atom is -0.230 e. The molecule has 0 atom stereocenters. The van der Waals surface area contributed by atoms with Crippen molar-refractivity contribution in [1.82, 2.24) is 4.98 Å². The average molecular weight is 295 g/mol. The van der Waals surface area contributed by atoms with Gasteiger partial charge in [0.25, 0.3) is 0 Å². The molecule has 0 spiro atoms. The first kappa shape index (κ1) is 13.2. The molecule has 2 nitrogen and oxygen atoms in total. The minimum atomic E-state index is 0.340. The molecule has 5 heteroatoms. The van der Waals surface area contributed by atoms with Gasteiger partial charge in [-0.3, -0.25) is 0 Å². The second kappa shape index (κ2) is 6.10. The third-order valence-electron chi connectivity index (χ3n) is 2.20. The second-order valence-electron chi connectivity index (χ2n) is 3.54. The number of hydrogen-bond donors (Lipinski definition) is 0. The molecule has 1 aromatic carbocycles. The van der Waals surface area contributed by atoms with E-state index in [2.05, 4.69) is 11.1 Å². The molecule has 0 radical (unpaired) electrons. The van der Waals surface area contributed by atoms with Gasteiger partial charge >= 0.3 is 0 Å². The van der Waals surface area contributed by atoms with Gasteiger partial charge in [0, 0.05) is 10.8 Å². The Morgan fingerprint density at radius 3 is 2.56 bits per heavy atom. The van der Waals surface area contributed by atoms with Gasteiger partial charge in [0.05, 0.1) is 16.7 Å². The molecule has 0 aliphatic rings. The largest absolute Gasteiger partial charge is 0.230 e. The van der Waals surface area contributed by atoms with Crippen LogP contribution < -0.4 is 0 Å². The standard InChI is InChI=1S/C13H8Cl2N2S/c14-11-3-1-9(2-4-11)8-18-13-6-10(7-16)5-12(15)17-13/h1-6H,8H2.